The van der Waals surface area contributed by atoms with Gasteiger partial charge in [-0.1, -0.05) is 23.9 Å². The van der Waals surface area contributed by atoms with E-state index in [2.05, 4.69) is 27.4 Å². The molecule has 0 amide bonds. The quantitative estimate of drug-likeness (QED) is 0.836. The van der Waals surface area contributed by atoms with Crippen LogP contribution in [-0.2, 0) is 0 Å². The van der Waals surface area contributed by atoms with Crippen LogP contribution in [-0.4, -0.2) is 22.4 Å². The average Bonchev–Trinajstić information content (AvgIpc) is 2.40. The van der Waals surface area contributed by atoms with Gasteiger partial charge < -0.3 is 5.32 Å². The summed E-state index contributed by atoms with van der Waals surface area (Å²) in [5.41, 5.74) is 1.11. The maximum atomic E-state index is 4.48. The highest BCUT2D eigenvalue weighted by atomic mass is 32.2. The summed E-state index contributed by atoms with van der Waals surface area (Å²) in [4.78, 5) is 8.62. The molecule has 0 fully saturated rings. The van der Waals surface area contributed by atoms with E-state index < -0.39 is 0 Å². The molecule has 1 aliphatic heterocycles. The van der Waals surface area contributed by atoms with Gasteiger partial charge in [0.05, 0.1) is 0 Å². The number of amidine groups is 1. The minimum Gasteiger partial charge on any atom is -0.334 e. The van der Waals surface area contributed by atoms with E-state index >= 15 is 0 Å². The summed E-state index contributed by atoms with van der Waals surface area (Å²) in [7, 11) is 0. The first-order valence-electron chi connectivity index (χ1n) is 5.70. The summed E-state index contributed by atoms with van der Waals surface area (Å²) >= 11 is 1.79. The van der Waals surface area contributed by atoms with Crippen molar-refractivity contribution in [3.63, 3.8) is 0 Å². The van der Waals surface area contributed by atoms with Gasteiger partial charge in [0.25, 0.3) is 0 Å². The lowest BCUT2D eigenvalue weighted by molar-refractivity contribution is 0.938. The number of nitrogens with zero attached hydrogens (tertiary/aromatic N) is 2. The van der Waals surface area contributed by atoms with E-state index in [-0.39, 0.29) is 0 Å². The molecule has 1 aromatic heterocycles. The molecule has 2 aromatic rings. The van der Waals surface area contributed by atoms with Gasteiger partial charge in [0.1, 0.15) is 0 Å². The van der Waals surface area contributed by atoms with E-state index in [1.807, 2.05) is 24.5 Å². The lowest BCUT2D eigenvalue weighted by Crippen LogP contribution is -2.13. The molecule has 0 atom stereocenters. The monoisotopic (exact) mass is 243 g/mol. The first-order valence-corrected chi connectivity index (χ1v) is 6.69. The number of fused-ring (bicyclic) bond motifs is 1. The maximum Gasteiger partial charge on any atom is 0.161 e. The Hall–Kier alpha value is -1.55. The number of hydrogen-bond acceptors (Lipinski definition) is 4. The zero-order valence-electron chi connectivity index (χ0n) is 9.39. The molecule has 0 saturated heterocycles. The third-order valence-corrected chi connectivity index (χ3v) is 3.72. The van der Waals surface area contributed by atoms with E-state index in [1.165, 1.54) is 11.8 Å². The molecular weight excluding hydrogens is 230 g/mol. The molecule has 1 N–H and O–H groups in total. The van der Waals surface area contributed by atoms with Crippen molar-refractivity contribution in [1.82, 2.24) is 4.98 Å². The topological polar surface area (TPSA) is 37.3 Å². The number of pyridine rings is 1. The first-order chi connectivity index (χ1) is 8.43. The molecule has 1 aromatic carbocycles. The molecule has 86 valence electrons. The summed E-state index contributed by atoms with van der Waals surface area (Å²) in [5, 5.41) is 6.78. The highest BCUT2D eigenvalue weighted by Gasteiger charge is 2.07. The number of nitrogens with one attached hydrogen (secondary N) is 1. The molecule has 0 radical (unpaired) electrons. The zero-order valence-corrected chi connectivity index (χ0v) is 10.2. The van der Waals surface area contributed by atoms with E-state index in [0.29, 0.717) is 0 Å². The fourth-order valence-corrected chi connectivity index (χ4v) is 2.71. The number of rotatable bonds is 1. The van der Waals surface area contributed by atoms with Gasteiger partial charge >= 0.3 is 0 Å². The molecule has 4 heteroatoms. The largest absolute Gasteiger partial charge is 0.334 e. The van der Waals surface area contributed by atoms with Crippen molar-refractivity contribution < 1.29 is 0 Å². The van der Waals surface area contributed by atoms with Gasteiger partial charge in [-0.2, -0.15) is 0 Å². The molecule has 0 saturated carbocycles. The number of hydrogen-bond donors (Lipinski definition) is 1. The minimum atomic E-state index is 0.932. The van der Waals surface area contributed by atoms with Crippen LogP contribution in [0.25, 0.3) is 10.8 Å². The van der Waals surface area contributed by atoms with Crippen LogP contribution >= 0.6 is 11.8 Å². The Bertz CT molecular complexity index is 560. The van der Waals surface area contributed by atoms with Crippen molar-refractivity contribution in [2.75, 3.05) is 17.6 Å². The molecule has 0 spiro atoms. The van der Waals surface area contributed by atoms with Gasteiger partial charge in [-0.15, -0.1) is 0 Å². The summed E-state index contributed by atoms with van der Waals surface area (Å²) < 4.78 is 0. The molecule has 0 unspecified atom stereocenters. The average molecular weight is 243 g/mol. The van der Waals surface area contributed by atoms with Crippen LogP contribution in [0.1, 0.15) is 6.42 Å². The smallest absolute Gasteiger partial charge is 0.161 e. The summed E-state index contributed by atoms with van der Waals surface area (Å²) in [6.45, 7) is 0.932. The van der Waals surface area contributed by atoms with E-state index in [4.69, 9.17) is 0 Å². The van der Waals surface area contributed by atoms with Crippen molar-refractivity contribution in [2.45, 2.75) is 6.42 Å². The first kappa shape index (κ1) is 10.6. The van der Waals surface area contributed by atoms with Gasteiger partial charge in [0, 0.05) is 41.2 Å². The van der Waals surface area contributed by atoms with Crippen LogP contribution in [0, 0.1) is 0 Å². The molecule has 3 rings (SSSR count). The van der Waals surface area contributed by atoms with Crippen molar-refractivity contribution in [2.24, 2.45) is 4.99 Å². The normalized spacial score (nSPS) is 15.6. The summed E-state index contributed by atoms with van der Waals surface area (Å²) in [5.74, 6) is 1.15. The Morgan fingerprint density at radius 2 is 2.24 bits per heavy atom. The fraction of sp³-hybridized carbons (Fsp3) is 0.231. The molecule has 2 heterocycles. The summed E-state index contributed by atoms with van der Waals surface area (Å²) in [6.07, 6.45) is 4.88. The highest BCUT2D eigenvalue weighted by Crippen LogP contribution is 2.24. The Labute approximate surface area is 104 Å². The standard InChI is InChI=1S/C13H13N3S/c1-3-10-9-14-7-5-11(10)12(4-1)16-13-15-6-2-8-17-13/h1,3-5,7,9H,2,6,8H2,(H,15,16). The summed E-state index contributed by atoms with van der Waals surface area (Å²) in [6, 6.07) is 8.23. The Balaban J connectivity index is 1.97. The number of anilines is 1. The molecule has 0 aliphatic carbocycles. The van der Waals surface area contributed by atoms with Crippen molar-refractivity contribution in [1.29, 1.82) is 0 Å². The SMILES string of the molecule is c1cc(NC2=NCCCS2)c2ccncc2c1. The maximum absolute atomic E-state index is 4.48. The molecule has 0 bridgehead atoms. The third kappa shape index (κ3) is 2.26. The second-order valence-corrected chi connectivity index (χ2v) is 5.00. The molecular formula is C13H13N3S. The number of aliphatic imine (C=N–C) groups is 1. The van der Waals surface area contributed by atoms with Crippen LogP contribution in [0.2, 0.25) is 0 Å². The zero-order chi connectivity index (χ0) is 11.5. The number of thioether (sulfide) groups is 1. The van der Waals surface area contributed by atoms with Gasteiger partial charge in [0.2, 0.25) is 0 Å². The second kappa shape index (κ2) is 4.75. The van der Waals surface area contributed by atoms with E-state index in [0.717, 1.165) is 28.5 Å². The predicted molar refractivity (Wildman–Crippen MR) is 74.7 cm³/mol. The van der Waals surface area contributed by atoms with Gasteiger partial charge in [-0.3, -0.25) is 9.98 Å². The van der Waals surface area contributed by atoms with Crippen molar-refractivity contribution in [3.05, 3.63) is 36.7 Å². The molecule has 1 aliphatic rings. The van der Waals surface area contributed by atoms with E-state index in [9.17, 15) is 0 Å². The minimum absolute atomic E-state index is 0.932. The highest BCUT2D eigenvalue weighted by molar-refractivity contribution is 8.14. The number of aromatic nitrogens is 1. The van der Waals surface area contributed by atoms with Crippen LogP contribution in [0.5, 0.6) is 0 Å². The molecule has 17 heavy (non-hydrogen) atoms. The Morgan fingerprint density at radius 1 is 1.24 bits per heavy atom. The van der Waals surface area contributed by atoms with Gasteiger partial charge in [-0.25, -0.2) is 0 Å². The third-order valence-electron chi connectivity index (χ3n) is 2.72. The van der Waals surface area contributed by atoms with Gasteiger partial charge in [0.15, 0.2) is 5.17 Å². The van der Waals surface area contributed by atoms with Crippen molar-refractivity contribution in [3.8, 4) is 0 Å². The van der Waals surface area contributed by atoms with Crippen LogP contribution in [0.4, 0.5) is 5.69 Å². The number of benzene rings is 1. The Kier molecular flexibility index (Phi) is 2.96. The van der Waals surface area contributed by atoms with Crippen LogP contribution in [0.3, 0.4) is 0 Å². The lowest BCUT2D eigenvalue weighted by atomic mass is 10.1. The molecule has 3 nitrogen and oxygen atoms in total. The van der Waals surface area contributed by atoms with Gasteiger partial charge in [-0.05, 0) is 18.6 Å². The van der Waals surface area contributed by atoms with Crippen molar-refractivity contribution >= 4 is 33.4 Å². The van der Waals surface area contributed by atoms with Crippen LogP contribution < -0.4 is 5.32 Å². The predicted octanol–water partition coefficient (Wildman–Crippen LogP) is 3.14. The second-order valence-electron chi connectivity index (χ2n) is 3.92. The van der Waals surface area contributed by atoms with Crippen LogP contribution in [0.15, 0.2) is 41.7 Å². The van der Waals surface area contributed by atoms with E-state index in [1.54, 1.807) is 11.8 Å². The Morgan fingerprint density at radius 3 is 3.12 bits per heavy atom. The lowest BCUT2D eigenvalue weighted by Gasteiger charge is -2.14. The fourth-order valence-electron chi connectivity index (χ4n) is 1.88.